The molecule has 1 aliphatic rings. The van der Waals surface area contributed by atoms with Gasteiger partial charge in [0.2, 0.25) is 0 Å². The maximum absolute atomic E-state index is 5.94. The fraction of sp³-hybridized carbons (Fsp3) is 0.600. The smallest absolute Gasteiger partial charge is 0.193 e. The Balaban J connectivity index is 1.39. The summed E-state index contributed by atoms with van der Waals surface area (Å²) in [4.78, 5) is 11.4. The number of imidazole rings is 1. The van der Waals surface area contributed by atoms with Crippen molar-refractivity contribution in [2.75, 3.05) is 47.0 Å². The molecule has 3 heterocycles. The van der Waals surface area contributed by atoms with Crippen LogP contribution in [0.25, 0.3) is 5.65 Å². The van der Waals surface area contributed by atoms with E-state index in [1.807, 2.05) is 31.4 Å². The fourth-order valence-electron chi connectivity index (χ4n) is 3.43. The van der Waals surface area contributed by atoms with Crippen molar-refractivity contribution in [2.45, 2.75) is 31.8 Å². The van der Waals surface area contributed by atoms with E-state index in [0.717, 1.165) is 75.8 Å². The minimum Gasteiger partial charge on any atom is -0.385 e. The second-order valence-corrected chi connectivity index (χ2v) is 6.83. The Morgan fingerprint density at radius 1 is 1.30 bits per heavy atom. The van der Waals surface area contributed by atoms with E-state index < -0.39 is 0 Å². The number of likely N-dealkylation sites (tertiary alicyclic amines) is 1. The predicted molar refractivity (Wildman–Crippen MR) is 107 cm³/mol. The summed E-state index contributed by atoms with van der Waals surface area (Å²) in [6.07, 6.45) is 8.39. The lowest BCUT2D eigenvalue weighted by Gasteiger charge is -2.34. The van der Waals surface area contributed by atoms with Crippen molar-refractivity contribution >= 4 is 11.6 Å². The van der Waals surface area contributed by atoms with Crippen LogP contribution < -0.4 is 5.32 Å². The van der Waals surface area contributed by atoms with E-state index in [1.54, 1.807) is 7.11 Å². The highest BCUT2D eigenvalue weighted by molar-refractivity contribution is 5.79. The van der Waals surface area contributed by atoms with Crippen LogP contribution in [0, 0.1) is 0 Å². The first kappa shape index (κ1) is 19.6. The number of methoxy groups -OCH3 is 1. The number of piperidine rings is 1. The summed E-state index contributed by atoms with van der Waals surface area (Å²) in [5, 5.41) is 3.48. The van der Waals surface area contributed by atoms with Crippen LogP contribution in [0.15, 0.2) is 35.6 Å². The van der Waals surface area contributed by atoms with Crippen LogP contribution in [0.4, 0.5) is 0 Å². The van der Waals surface area contributed by atoms with Crippen LogP contribution in [0.1, 0.15) is 25.0 Å². The molecule has 1 aliphatic heterocycles. The lowest BCUT2D eigenvalue weighted by Crippen LogP contribution is -2.47. The van der Waals surface area contributed by atoms with Gasteiger partial charge in [0.15, 0.2) is 5.96 Å². The lowest BCUT2D eigenvalue weighted by atomic mass is 10.1. The predicted octanol–water partition coefficient (Wildman–Crippen LogP) is 1.97. The van der Waals surface area contributed by atoms with Gasteiger partial charge in [-0.1, -0.05) is 6.07 Å². The van der Waals surface area contributed by atoms with Crippen molar-refractivity contribution in [3.63, 3.8) is 0 Å². The molecule has 1 saturated heterocycles. The molecule has 0 bridgehead atoms. The number of nitrogens with zero attached hydrogens (tertiary/aromatic N) is 4. The van der Waals surface area contributed by atoms with Crippen LogP contribution in [0.2, 0.25) is 0 Å². The van der Waals surface area contributed by atoms with Gasteiger partial charge in [0.05, 0.1) is 11.8 Å². The van der Waals surface area contributed by atoms with Crippen LogP contribution >= 0.6 is 0 Å². The van der Waals surface area contributed by atoms with E-state index in [-0.39, 0.29) is 0 Å². The SMILES string of the molecule is CN=C(NCCc1cn2ccccc2n1)N1CCC(OCCCOC)CC1. The molecule has 1 fully saturated rings. The molecule has 0 atom stereocenters. The molecule has 0 aromatic carbocycles. The van der Waals surface area contributed by atoms with E-state index in [2.05, 4.69) is 30.8 Å². The van der Waals surface area contributed by atoms with E-state index in [4.69, 9.17) is 9.47 Å². The Morgan fingerprint density at radius 3 is 2.89 bits per heavy atom. The monoisotopic (exact) mass is 373 g/mol. The first-order valence-corrected chi connectivity index (χ1v) is 9.79. The van der Waals surface area contributed by atoms with Crippen molar-refractivity contribution < 1.29 is 9.47 Å². The molecule has 0 saturated carbocycles. The minimum atomic E-state index is 0.356. The van der Waals surface area contributed by atoms with Crippen molar-refractivity contribution in [2.24, 2.45) is 4.99 Å². The highest BCUT2D eigenvalue weighted by Gasteiger charge is 2.21. The molecule has 1 N–H and O–H groups in total. The lowest BCUT2D eigenvalue weighted by molar-refractivity contribution is 0.00992. The van der Waals surface area contributed by atoms with E-state index in [1.165, 1.54) is 0 Å². The van der Waals surface area contributed by atoms with E-state index >= 15 is 0 Å². The molecule has 0 unspecified atom stereocenters. The van der Waals surface area contributed by atoms with Gasteiger partial charge in [0.25, 0.3) is 0 Å². The van der Waals surface area contributed by atoms with Crippen molar-refractivity contribution in [3.05, 3.63) is 36.3 Å². The van der Waals surface area contributed by atoms with Gasteiger partial charge in [-0.3, -0.25) is 4.99 Å². The van der Waals surface area contributed by atoms with E-state index in [9.17, 15) is 0 Å². The van der Waals surface area contributed by atoms with Crippen LogP contribution in [0.5, 0.6) is 0 Å². The quantitative estimate of drug-likeness (QED) is 0.435. The largest absolute Gasteiger partial charge is 0.385 e. The number of aromatic nitrogens is 2. The topological polar surface area (TPSA) is 63.4 Å². The maximum Gasteiger partial charge on any atom is 0.193 e. The molecular formula is C20H31N5O2. The fourth-order valence-corrected chi connectivity index (χ4v) is 3.43. The molecule has 0 spiro atoms. The Kier molecular flexibility index (Phi) is 7.47. The molecule has 7 heteroatoms. The normalized spacial score (nSPS) is 16.2. The molecule has 148 valence electrons. The van der Waals surface area contributed by atoms with Gasteiger partial charge in [-0.25, -0.2) is 4.98 Å². The average molecular weight is 374 g/mol. The van der Waals surface area contributed by atoms with E-state index in [0.29, 0.717) is 6.10 Å². The number of hydrogen-bond acceptors (Lipinski definition) is 4. The molecule has 3 rings (SSSR count). The van der Waals surface area contributed by atoms with Gasteiger partial charge in [0.1, 0.15) is 5.65 Å². The third kappa shape index (κ3) is 5.68. The van der Waals surface area contributed by atoms with Crippen molar-refractivity contribution in [3.8, 4) is 0 Å². The second kappa shape index (κ2) is 10.3. The first-order chi connectivity index (χ1) is 13.3. The number of guanidine groups is 1. The number of fused-ring (bicyclic) bond motifs is 1. The highest BCUT2D eigenvalue weighted by Crippen LogP contribution is 2.14. The third-order valence-corrected chi connectivity index (χ3v) is 4.88. The molecule has 7 nitrogen and oxygen atoms in total. The Hall–Kier alpha value is -2.12. The second-order valence-electron chi connectivity index (χ2n) is 6.83. The molecule has 2 aromatic heterocycles. The number of hydrogen-bond donors (Lipinski definition) is 1. The average Bonchev–Trinajstić information content (AvgIpc) is 3.12. The molecule has 2 aromatic rings. The number of ether oxygens (including phenoxy) is 2. The molecule has 0 aliphatic carbocycles. The van der Waals surface area contributed by atoms with Gasteiger partial charge in [-0.15, -0.1) is 0 Å². The van der Waals surface area contributed by atoms with Crippen LogP contribution in [-0.2, 0) is 15.9 Å². The molecular weight excluding hydrogens is 342 g/mol. The summed E-state index contributed by atoms with van der Waals surface area (Å²) >= 11 is 0. The van der Waals surface area contributed by atoms with Crippen LogP contribution in [-0.4, -0.2) is 73.4 Å². The third-order valence-electron chi connectivity index (χ3n) is 4.88. The zero-order chi connectivity index (χ0) is 18.9. The molecule has 0 amide bonds. The van der Waals surface area contributed by atoms with Gasteiger partial charge in [-0.05, 0) is 31.4 Å². The Bertz CT molecular complexity index is 689. The standard InChI is InChI=1S/C20H31N5O2/c1-21-20(24-12-8-18(9-13-24)27-15-5-14-26-2)22-10-7-17-16-25-11-4-3-6-19(25)23-17/h3-4,6,11,16,18H,5,7-10,12-15H2,1-2H3,(H,21,22). The molecule has 27 heavy (non-hydrogen) atoms. The number of aliphatic imine (C=N–C) groups is 1. The Morgan fingerprint density at radius 2 is 2.15 bits per heavy atom. The highest BCUT2D eigenvalue weighted by atomic mass is 16.5. The van der Waals surface area contributed by atoms with Crippen molar-refractivity contribution in [1.29, 1.82) is 0 Å². The zero-order valence-corrected chi connectivity index (χ0v) is 16.4. The Labute approximate surface area is 161 Å². The first-order valence-electron chi connectivity index (χ1n) is 9.79. The zero-order valence-electron chi connectivity index (χ0n) is 16.4. The summed E-state index contributed by atoms with van der Waals surface area (Å²) < 4.78 is 13.1. The molecule has 0 radical (unpaired) electrons. The van der Waals surface area contributed by atoms with Gasteiger partial charge >= 0.3 is 0 Å². The number of nitrogens with one attached hydrogen (secondary N) is 1. The van der Waals surface area contributed by atoms with Crippen molar-refractivity contribution in [1.82, 2.24) is 19.6 Å². The summed E-state index contributed by atoms with van der Waals surface area (Å²) in [6, 6.07) is 6.05. The van der Waals surface area contributed by atoms with Gasteiger partial charge in [-0.2, -0.15) is 0 Å². The van der Waals surface area contributed by atoms with Gasteiger partial charge < -0.3 is 24.1 Å². The van der Waals surface area contributed by atoms with Gasteiger partial charge in [0, 0.05) is 65.8 Å². The maximum atomic E-state index is 5.94. The minimum absolute atomic E-state index is 0.356. The summed E-state index contributed by atoms with van der Waals surface area (Å²) in [5.41, 5.74) is 2.08. The summed E-state index contributed by atoms with van der Waals surface area (Å²) in [7, 11) is 3.58. The van der Waals surface area contributed by atoms with Crippen LogP contribution in [0.3, 0.4) is 0 Å². The summed E-state index contributed by atoms with van der Waals surface area (Å²) in [5.74, 6) is 0.969. The summed E-state index contributed by atoms with van der Waals surface area (Å²) in [6.45, 7) is 4.32. The number of pyridine rings is 1. The number of rotatable bonds is 8.